The van der Waals surface area contributed by atoms with Crippen LogP contribution < -0.4 is 0 Å². The average molecular weight is 301 g/mol. The van der Waals surface area contributed by atoms with Gasteiger partial charge in [-0.05, 0) is 46.7 Å². The first-order chi connectivity index (χ1) is 7.93. The first-order valence-corrected chi connectivity index (χ1v) is 6.97. The van der Waals surface area contributed by atoms with Gasteiger partial charge in [0.15, 0.2) is 0 Å². The van der Waals surface area contributed by atoms with Crippen LogP contribution in [0.3, 0.4) is 0 Å². The summed E-state index contributed by atoms with van der Waals surface area (Å²) in [5.41, 5.74) is 1.61. The molecule has 2 atom stereocenters. The minimum absolute atomic E-state index is 0.223. The lowest BCUT2D eigenvalue weighted by atomic mass is 9.91. The van der Waals surface area contributed by atoms with Gasteiger partial charge in [-0.3, -0.25) is 0 Å². The molecule has 2 nitrogen and oxygen atoms in total. The van der Waals surface area contributed by atoms with Gasteiger partial charge in [-0.2, -0.15) is 0 Å². The molecule has 0 bridgehead atoms. The molecule has 0 aliphatic heterocycles. The quantitative estimate of drug-likeness (QED) is 0.777. The topological polar surface area (TPSA) is 40.5 Å². The summed E-state index contributed by atoms with van der Waals surface area (Å²) < 4.78 is 0.641. The van der Waals surface area contributed by atoms with E-state index in [1.165, 1.54) is 0 Å². The van der Waals surface area contributed by atoms with Crippen molar-refractivity contribution in [3.63, 3.8) is 0 Å². The molecular weight excluding hydrogens is 280 g/mol. The zero-order chi connectivity index (χ0) is 13.2. The van der Waals surface area contributed by atoms with Crippen LogP contribution in [0.5, 0.6) is 11.5 Å². The van der Waals surface area contributed by atoms with E-state index in [9.17, 15) is 10.2 Å². The molecule has 0 aliphatic rings. The fourth-order valence-electron chi connectivity index (χ4n) is 1.93. The second-order valence-electron chi connectivity index (χ2n) is 4.68. The smallest absolute Gasteiger partial charge is 0.133 e. The van der Waals surface area contributed by atoms with Crippen LogP contribution in [0.25, 0.3) is 0 Å². The summed E-state index contributed by atoms with van der Waals surface area (Å²) in [6.07, 6.45) is 1.86. The molecule has 17 heavy (non-hydrogen) atoms. The van der Waals surface area contributed by atoms with Crippen LogP contribution in [0.2, 0.25) is 0 Å². The average Bonchev–Trinajstić information content (AvgIpc) is 2.32. The molecule has 2 unspecified atom stereocenters. The Bertz CT molecular complexity index is 402. The number of phenols is 2. The maximum absolute atomic E-state index is 10.2. The Labute approximate surface area is 112 Å². The summed E-state index contributed by atoms with van der Waals surface area (Å²) in [7, 11) is 0. The minimum Gasteiger partial charge on any atom is -0.508 e. The van der Waals surface area contributed by atoms with Crippen molar-refractivity contribution in [2.24, 2.45) is 0 Å². The molecule has 0 saturated heterocycles. The van der Waals surface area contributed by atoms with Gasteiger partial charge >= 0.3 is 0 Å². The van der Waals surface area contributed by atoms with Crippen molar-refractivity contribution in [2.45, 2.75) is 52.4 Å². The molecule has 1 aromatic carbocycles. The maximum atomic E-state index is 10.2. The van der Waals surface area contributed by atoms with Crippen molar-refractivity contribution in [3.8, 4) is 11.5 Å². The van der Waals surface area contributed by atoms with Gasteiger partial charge in [-0.1, -0.05) is 27.7 Å². The van der Waals surface area contributed by atoms with Crippen LogP contribution in [-0.2, 0) is 0 Å². The Hall–Kier alpha value is -0.700. The zero-order valence-corrected chi connectivity index (χ0v) is 12.5. The van der Waals surface area contributed by atoms with E-state index in [2.05, 4.69) is 29.8 Å². The molecule has 0 aromatic heterocycles. The number of hydrogen-bond acceptors (Lipinski definition) is 2. The highest BCUT2D eigenvalue weighted by molar-refractivity contribution is 9.10. The Morgan fingerprint density at radius 3 is 2.12 bits per heavy atom. The van der Waals surface area contributed by atoms with E-state index in [1.807, 2.05) is 13.8 Å². The van der Waals surface area contributed by atoms with Crippen molar-refractivity contribution < 1.29 is 10.2 Å². The summed E-state index contributed by atoms with van der Waals surface area (Å²) in [5, 5.41) is 20.3. The molecule has 1 aromatic rings. The van der Waals surface area contributed by atoms with E-state index < -0.39 is 0 Å². The molecule has 3 heteroatoms. The number of phenolic OH excluding ortho intramolecular Hbond substituents is 2. The Morgan fingerprint density at radius 1 is 1.12 bits per heavy atom. The van der Waals surface area contributed by atoms with E-state index in [-0.39, 0.29) is 23.3 Å². The molecule has 0 heterocycles. The molecular formula is C14H21BrO2. The van der Waals surface area contributed by atoms with Crippen molar-refractivity contribution in [2.75, 3.05) is 0 Å². The minimum atomic E-state index is 0.223. The second-order valence-corrected chi connectivity index (χ2v) is 5.47. The van der Waals surface area contributed by atoms with Crippen LogP contribution in [0.15, 0.2) is 10.5 Å². The molecule has 0 fully saturated rings. The highest BCUT2D eigenvalue weighted by atomic mass is 79.9. The first kappa shape index (κ1) is 14.4. The Morgan fingerprint density at radius 2 is 1.65 bits per heavy atom. The summed E-state index contributed by atoms with van der Waals surface area (Å²) in [6, 6.07) is 1.70. The fraction of sp³-hybridized carbons (Fsp3) is 0.571. The summed E-state index contributed by atoms with van der Waals surface area (Å²) in [6.45, 7) is 8.22. The van der Waals surface area contributed by atoms with Crippen LogP contribution in [0.1, 0.15) is 63.5 Å². The van der Waals surface area contributed by atoms with Gasteiger partial charge in [0.2, 0.25) is 0 Å². The van der Waals surface area contributed by atoms with Crippen molar-refractivity contribution in [3.05, 3.63) is 21.7 Å². The largest absolute Gasteiger partial charge is 0.508 e. The van der Waals surface area contributed by atoms with E-state index >= 15 is 0 Å². The van der Waals surface area contributed by atoms with Gasteiger partial charge in [0.05, 0.1) is 4.47 Å². The fourth-order valence-corrected chi connectivity index (χ4v) is 2.75. The molecule has 0 amide bonds. The number of aromatic hydroxyl groups is 2. The van der Waals surface area contributed by atoms with Crippen LogP contribution >= 0.6 is 15.9 Å². The molecule has 0 saturated carbocycles. The van der Waals surface area contributed by atoms with Gasteiger partial charge in [0.25, 0.3) is 0 Å². The summed E-state index contributed by atoms with van der Waals surface area (Å²) in [5.74, 6) is 1.01. The monoisotopic (exact) mass is 300 g/mol. The lowest BCUT2D eigenvalue weighted by Gasteiger charge is -2.19. The van der Waals surface area contributed by atoms with E-state index in [0.717, 1.165) is 24.0 Å². The molecule has 0 aliphatic carbocycles. The number of hydrogen-bond donors (Lipinski definition) is 2. The third-order valence-corrected chi connectivity index (χ3v) is 4.34. The van der Waals surface area contributed by atoms with Crippen LogP contribution in [0, 0.1) is 0 Å². The molecule has 96 valence electrons. The Balaban J connectivity index is 3.36. The van der Waals surface area contributed by atoms with Gasteiger partial charge in [0, 0.05) is 11.1 Å². The summed E-state index contributed by atoms with van der Waals surface area (Å²) in [4.78, 5) is 0. The first-order valence-electron chi connectivity index (χ1n) is 6.18. The van der Waals surface area contributed by atoms with Crippen molar-refractivity contribution in [1.29, 1.82) is 0 Å². The lowest BCUT2D eigenvalue weighted by molar-refractivity contribution is 0.436. The SMILES string of the molecule is CCC(C)c1cc(O)c(C(C)CC)c(Br)c1O. The summed E-state index contributed by atoms with van der Waals surface area (Å²) >= 11 is 3.41. The third-order valence-electron chi connectivity index (χ3n) is 3.53. The number of halogens is 1. The van der Waals surface area contributed by atoms with Gasteiger partial charge in [0.1, 0.15) is 11.5 Å². The van der Waals surface area contributed by atoms with Crippen LogP contribution in [-0.4, -0.2) is 10.2 Å². The molecule has 0 radical (unpaired) electrons. The predicted molar refractivity (Wildman–Crippen MR) is 74.9 cm³/mol. The van der Waals surface area contributed by atoms with E-state index in [1.54, 1.807) is 6.07 Å². The third kappa shape index (κ3) is 2.76. The van der Waals surface area contributed by atoms with E-state index in [4.69, 9.17) is 0 Å². The van der Waals surface area contributed by atoms with E-state index in [0.29, 0.717) is 4.47 Å². The van der Waals surface area contributed by atoms with Gasteiger partial charge in [-0.15, -0.1) is 0 Å². The van der Waals surface area contributed by atoms with Crippen molar-refractivity contribution in [1.82, 2.24) is 0 Å². The molecule has 2 N–H and O–H groups in total. The number of rotatable bonds is 4. The van der Waals surface area contributed by atoms with Crippen molar-refractivity contribution >= 4 is 15.9 Å². The van der Waals surface area contributed by atoms with Crippen LogP contribution in [0.4, 0.5) is 0 Å². The van der Waals surface area contributed by atoms with Gasteiger partial charge in [-0.25, -0.2) is 0 Å². The Kier molecular flexibility index (Phi) is 4.87. The second kappa shape index (κ2) is 5.76. The highest BCUT2D eigenvalue weighted by Crippen LogP contribution is 2.44. The molecule has 0 spiro atoms. The number of benzene rings is 1. The molecule has 1 rings (SSSR count). The normalized spacial score (nSPS) is 14.6. The highest BCUT2D eigenvalue weighted by Gasteiger charge is 2.21. The maximum Gasteiger partial charge on any atom is 0.133 e. The van der Waals surface area contributed by atoms with Gasteiger partial charge < -0.3 is 10.2 Å². The standard InChI is InChI=1S/C14H21BrO2/c1-5-8(3)10-7-11(16)12(9(4)6-2)13(15)14(10)17/h7-9,16-17H,5-6H2,1-4H3. The zero-order valence-electron chi connectivity index (χ0n) is 10.9. The lowest BCUT2D eigenvalue weighted by Crippen LogP contribution is -1.99. The predicted octanol–water partition coefficient (Wildman–Crippen LogP) is 4.89.